The van der Waals surface area contributed by atoms with Gasteiger partial charge in [-0.05, 0) is 74.3 Å². The number of furan rings is 1. The second-order valence-electron chi connectivity index (χ2n) is 10.7. The molecule has 0 aliphatic heterocycles. The van der Waals surface area contributed by atoms with Crippen LogP contribution in [0.5, 0.6) is 0 Å². The van der Waals surface area contributed by atoms with Gasteiger partial charge in [-0.1, -0.05) is 25.5 Å². The fraction of sp³-hybridized carbons (Fsp3) is 0.692. The van der Waals surface area contributed by atoms with Gasteiger partial charge in [0.15, 0.2) is 0 Å². The van der Waals surface area contributed by atoms with Gasteiger partial charge in [0.1, 0.15) is 23.4 Å². The maximum atomic E-state index is 12.9. The van der Waals surface area contributed by atoms with Gasteiger partial charge in [0.2, 0.25) is 0 Å². The maximum Gasteiger partial charge on any atom is 0.508 e. The highest BCUT2D eigenvalue weighted by atomic mass is 16.7. The average molecular weight is 427 g/mol. The summed E-state index contributed by atoms with van der Waals surface area (Å²) in [6.07, 6.45) is 8.09. The molecule has 3 unspecified atom stereocenters. The highest BCUT2D eigenvalue weighted by molar-refractivity contribution is 5.87. The topological polar surface area (TPSA) is 65.7 Å². The van der Waals surface area contributed by atoms with Crippen LogP contribution in [0.25, 0.3) is 0 Å². The van der Waals surface area contributed by atoms with Gasteiger partial charge in [-0.3, -0.25) is 4.79 Å². The molecule has 0 bridgehead atoms. The van der Waals surface area contributed by atoms with Crippen LogP contribution in [0.2, 0.25) is 0 Å². The van der Waals surface area contributed by atoms with Crippen molar-refractivity contribution >= 4 is 11.9 Å². The van der Waals surface area contributed by atoms with Crippen molar-refractivity contribution in [2.45, 2.75) is 77.7 Å². The molecule has 0 radical (unpaired) electrons. The minimum atomic E-state index is -0.598. The van der Waals surface area contributed by atoms with Crippen molar-refractivity contribution in [3.05, 3.63) is 35.3 Å². The van der Waals surface area contributed by atoms with E-state index < -0.39 is 6.16 Å². The molecule has 5 rings (SSSR count). The molecule has 168 valence electrons. The second-order valence-corrected chi connectivity index (χ2v) is 10.7. The van der Waals surface area contributed by atoms with E-state index in [9.17, 15) is 9.59 Å². The van der Waals surface area contributed by atoms with E-state index >= 15 is 0 Å². The first kappa shape index (κ1) is 20.8. The molecule has 1 aromatic rings. The SMILES string of the molecule is COC(=O)O[C@H]1CC[C@@]2(C)C(=C[C@@H](c3ccc(C)o3)C3C2CC[C@]2(C)C(=O)CCC32)C1. The van der Waals surface area contributed by atoms with E-state index in [2.05, 4.69) is 26.0 Å². The van der Waals surface area contributed by atoms with Gasteiger partial charge in [0.05, 0.1) is 7.11 Å². The Morgan fingerprint density at radius 2 is 1.84 bits per heavy atom. The zero-order chi connectivity index (χ0) is 22.0. The number of ketones is 1. The van der Waals surface area contributed by atoms with Crippen LogP contribution in [0.15, 0.2) is 28.2 Å². The third-order valence-electron chi connectivity index (χ3n) is 9.34. The lowest BCUT2D eigenvalue weighted by Gasteiger charge is -2.58. The summed E-state index contributed by atoms with van der Waals surface area (Å²) in [4.78, 5) is 24.6. The molecule has 1 aromatic heterocycles. The highest BCUT2D eigenvalue weighted by Crippen LogP contribution is 2.66. The third kappa shape index (κ3) is 3.10. The first-order valence-corrected chi connectivity index (χ1v) is 11.8. The van der Waals surface area contributed by atoms with Crippen molar-refractivity contribution in [1.82, 2.24) is 0 Å². The van der Waals surface area contributed by atoms with Crippen LogP contribution in [-0.2, 0) is 14.3 Å². The molecule has 3 saturated carbocycles. The lowest BCUT2D eigenvalue weighted by molar-refractivity contribution is -0.132. The van der Waals surface area contributed by atoms with Gasteiger partial charge in [-0.15, -0.1) is 0 Å². The van der Waals surface area contributed by atoms with Gasteiger partial charge in [-0.25, -0.2) is 4.79 Å². The molecule has 31 heavy (non-hydrogen) atoms. The largest absolute Gasteiger partial charge is 0.508 e. The molecule has 0 amide bonds. The Morgan fingerprint density at radius 1 is 1.10 bits per heavy atom. The Hall–Kier alpha value is -2.04. The van der Waals surface area contributed by atoms with Crippen molar-refractivity contribution in [1.29, 1.82) is 0 Å². The standard InChI is InChI=1S/C26H34O5/c1-15-5-7-21(30-15)18-14-16-13-17(31-24(28)29-4)9-11-25(16,2)20-10-12-26(3)19(23(18)20)6-8-22(26)27/h5,7,14,17-20,23H,6,8-13H2,1-4H3/t17-,18-,19?,20?,23?,25-,26-/m0/s1. The van der Waals surface area contributed by atoms with Crippen LogP contribution in [0.4, 0.5) is 4.79 Å². The summed E-state index contributed by atoms with van der Waals surface area (Å²) in [6, 6.07) is 4.16. The molecule has 3 fully saturated rings. The minimum Gasteiger partial charge on any atom is -0.466 e. The van der Waals surface area contributed by atoms with Crippen molar-refractivity contribution in [3.8, 4) is 0 Å². The maximum absolute atomic E-state index is 12.9. The van der Waals surface area contributed by atoms with Crippen molar-refractivity contribution in [2.24, 2.45) is 28.6 Å². The highest BCUT2D eigenvalue weighted by Gasteiger charge is 2.61. The first-order chi connectivity index (χ1) is 14.8. The van der Waals surface area contributed by atoms with Crippen molar-refractivity contribution in [2.75, 3.05) is 7.11 Å². The van der Waals surface area contributed by atoms with Gasteiger partial charge in [0, 0.05) is 24.2 Å². The molecule has 5 nitrogen and oxygen atoms in total. The Morgan fingerprint density at radius 3 is 2.55 bits per heavy atom. The quantitative estimate of drug-likeness (QED) is 0.431. The van der Waals surface area contributed by atoms with Crippen LogP contribution < -0.4 is 0 Å². The summed E-state index contributed by atoms with van der Waals surface area (Å²) in [5.74, 6) is 3.92. The summed E-state index contributed by atoms with van der Waals surface area (Å²) < 4.78 is 16.4. The lowest BCUT2D eigenvalue weighted by atomic mass is 9.45. The summed E-state index contributed by atoms with van der Waals surface area (Å²) in [7, 11) is 1.36. The molecule has 0 spiro atoms. The molecule has 4 aliphatic carbocycles. The van der Waals surface area contributed by atoms with E-state index in [1.807, 2.05) is 13.0 Å². The number of rotatable bonds is 2. The third-order valence-corrected chi connectivity index (χ3v) is 9.34. The molecular formula is C26H34O5. The fourth-order valence-corrected chi connectivity index (χ4v) is 7.61. The summed E-state index contributed by atoms with van der Waals surface area (Å²) in [5.41, 5.74) is 1.29. The Bertz CT molecular complexity index is 928. The smallest absolute Gasteiger partial charge is 0.466 e. The lowest BCUT2D eigenvalue weighted by Crippen LogP contribution is -2.52. The van der Waals surface area contributed by atoms with Crippen LogP contribution >= 0.6 is 0 Å². The van der Waals surface area contributed by atoms with E-state index in [1.54, 1.807) is 0 Å². The van der Waals surface area contributed by atoms with E-state index in [1.165, 1.54) is 12.7 Å². The average Bonchev–Trinajstić information content (AvgIpc) is 3.31. The van der Waals surface area contributed by atoms with Crippen molar-refractivity contribution < 1.29 is 23.5 Å². The number of methoxy groups -OCH3 is 1. The number of aryl methyl sites for hydroxylation is 1. The van der Waals surface area contributed by atoms with Crippen LogP contribution in [0.3, 0.4) is 0 Å². The molecule has 1 heterocycles. The molecule has 4 aliphatic rings. The fourth-order valence-electron chi connectivity index (χ4n) is 7.61. The Kier molecular flexibility index (Phi) is 4.87. The number of Topliss-reactive ketones (excluding diaryl/α,β-unsaturated/α-hetero) is 1. The summed E-state index contributed by atoms with van der Waals surface area (Å²) in [5, 5.41) is 0. The van der Waals surface area contributed by atoms with Gasteiger partial charge in [0.25, 0.3) is 0 Å². The number of allylic oxidation sites excluding steroid dienone is 1. The van der Waals surface area contributed by atoms with E-state index in [4.69, 9.17) is 13.9 Å². The minimum absolute atomic E-state index is 0.0890. The van der Waals surface area contributed by atoms with Crippen LogP contribution in [-0.4, -0.2) is 25.2 Å². The zero-order valence-electron chi connectivity index (χ0n) is 19.1. The first-order valence-electron chi connectivity index (χ1n) is 11.8. The predicted molar refractivity (Wildman–Crippen MR) is 116 cm³/mol. The molecular weight excluding hydrogens is 392 g/mol. The predicted octanol–water partition coefficient (Wildman–Crippen LogP) is 5.97. The second kappa shape index (κ2) is 7.25. The van der Waals surface area contributed by atoms with E-state index in [0.717, 1.165) is 56.5 Å². The monoisotopic (exact) mass is 426 g/mol. The van der Waals surface area contributed by atoms with Crippen LogP contribution in [0, 0.1) is 35.5 Å². The molecule has 0 saturated heterocycles. The van der Waals surface area contributed by atoms with Crippen LogP contribution in [0.1, 0.15) is 76.2 Å². The molecule has 5 heteroatoms. The number of carbonyl (C=O) groups excluding carboxylic acids is 2. The van der Waals surface area contributed by atoms with Gasteiger partial charge < -0.3 is 13.9 Å². The number of fused-ring (bicyclic) bond motifs is 5. The summed E-state index contributed by atoms with van der Waals surface area (Å²) >= 11 is 0. The van der Waals surface area contributed by atoms with Crippen molar-refractivity contribution in [3.63, 3.8) is 0 Å². The van der Waals surface area contributed by atoms with E-state index in [-0.39, 0.29) is 22.9 Å². The van der Waals surface area contributed by atoms with Gasteiger partial charge >= 0.3 is 6.16 Å². The molecule has 0 aromatic carbocycles. The van der Waals surface area contributed by atoms with E-state index in [0.29, 0.717) is 23.5 Å². The number of carbonyl (C=O) groups is 2. The zero-order valence-corrected chi connectivity index (χ0v) is 19.1. The molecule has 0 N–H and O–H groups in total. The Balaban J connectivity index is 1.56. The number of hydrogen-bond acceptors (Lipinski definition) is 5. The molecule has 7 atom stereocenters. The normalized spacial score (nSPS) is 41.6. The number of ether oxygens (including phenoxy) is 2. The van der Waals surface area contributed by atoms with Gasteiger partial charge in [-0.2, -0.15) is 0 Å². The Labute approximate surface area is 184 Å². The number of hydrogen-bond donors (Lipinski definition) is 0. The summed E-state index contributed by atoms with van der Waals surface area (Å²) in [6.45, 7) is 6.62.